The summed E-state index contributed by atoms with van der Waals surface area (Å²) in [6.07, 6.45) is 1.39. The molecule has 27 heavy (non-hydrogen) atoms. The maximum atomic E-state index is 12.4. The Morgan fingerprint density at radius 2 is 1.93 bits per heavy atom. The van der Waals surface area contributed by atoms with Crippen LogP contribution in [0, 0.1) is 21.4 Å². The molecule has 0 saturated heterocycles. The Morgan fingerprint density at radius 3 is 2.48 bits per heavy atom. The number of carbonyl (C=O) groups excluding carboxylic acids is 1. The van der Waals surface area contributed by atoms with Crippen LogP contribution in [0.1, 0.15) is 12.5 Å². The van der Waals surface area contributed by atoms with Crippen molar-refractivity contribution in [1.29, 1.82) is 5.26 Å². The van der Waals surface area contributed by atoms with E-state index in [2.05, 4.69) is 5.32 Å². The van der Waals surface area contributed by atoms with Crippen LogP contribution in [0.5, 0.6) is 11.5 Å². The number of nitro benzene ring substituents is 1. The van der Waals surface area contributed by atoms with Crippen LogP contribution in [-0.2, 0) is 4.79 Å². The summed E-state index contributed by atoms with van der Waals surface area (Å²) in [4.78, 5) is 22.9. The van der Waals surface area contributed by atoms with E-state index in [-0.39, 0.29) is 22.7 Å². The lowest BCUT2D eigenvalue weighted by molar-refractivity contribution is -0.384. The van der Waals surface area contributed by atoms with Gasteiger partial charge in [0.2, 0.25) is 0 Å². The van der Waals surface area contributed by atoms with Gasteiger partial charge < -0.3 is 14.8 Å². The number of anilines is 1. The van der Waals surface area contributed by atoms with Crippen LogP contribution in [0.4, 0.5) is 11.4 Å². The Balaban J connectivity index is 2.25. The zero-order valence-corrected chi connectivity index (χ0v) is 14.8. The van der Waals surface area contributed by atoms with Crippen molar-refractivity contribution in [2.45, 2.75) is 6.92 Å². The number of ether oxygens (including phenoxy) is 2. The van der Waals surface area contributed by atoms with Gasteiger partial charge in [0.25, 0.3) is 11.6 Å². The van der Waals surface area contributed by atoms with Crippen LogP contribution < -0.4 is 14.8 Å². The zero-order valence-electron chi connectivity index (χ0n) is 14.8. The van der Waals surface area contributed by atoms with E-state index in [1.165, 1.54) is 31.4 Å². The number of nitro groups is 1. The third-order valence-electron chi connectivity index (χ3n) is 3.52. The minimum Gasteiger partial charge on any atom is -0.496 e. The topological polar surface area (TPSA) is 114 Å². The van der Waals surface area contributed by atoms with Gasteiger partial charge in [0.1, 0.15) is 28.8 Å². The Hall–Kier alpha value is -3.86. The third kappa shape index (κ3) is 5.06. The van der Waals surface area contributed by atoms with Crippen LogP contribution in [0.15, 0.2) is 48.0 Å². The summed E-state index contributed by atoms with van der Waals surface area (Å²) in [6, 6.07) is 12.7. The second-order valence-electron chi connectivity index (χ2n) is 5.27. The lowest BCUT2D eigenvalue weighted by Gasteiger charge is -2.07. The fourth-order valence-electron chi connectivity index (χ4n) is 2.23. The lowest BCUT2D eigenvalue weighted by atomic mass is 10.1. The maximum absolute atomic E-state index is 12.4. The van der Waals surface area contributed by atoms with Crippen LogP contribution in [0.25, 0.3) is 6.08 Å². The highest BCUT2D eigenvalue weighted by atomic mass is 16.6. The summed E-state index contributed by atoms with van der Waals surface area (Å²) < 4.78 is 10.3. The molecule has 0 radical (unpaired) electrons. The number of methoxy groups -OCH3 is 1. The number of nitrogens with zero attached hydrogens (tertiary/aromatic N) is 2. The summed E-state index contributed by atoms with van der Waals surface area (Å²) >= 11 is 0. The average molecular weight is 367 g/mol. The molecule has 0 spiro atoms. The highest BCUT2D eigenvalue weighted by Gasteiger charge is 2.19. The van der Waals surface area contributed by atoms with Gasteiger partial charge in [0, 0.05) is 0 Å². The summed E-state index contributed by atoms with van der Waals surface area (Å²) in [5, 5.41) is 22.9. The van der Waals surface area contributed by atoms with Crippen LogP contribution in [0.2, 0.25) is 0 Å². The molecule has 0 unspecified atom stereocenters. The molecule has 0 aromatic heterocycles. The highest BCUT2D eigenvalue weighted by molar-refractivity contribution is 6.10. The quantitative estimate of drug-likeness (QED) is 0.346. The standard InChI is InChI=1S/C19H17N3O5/c1-3-27-15-6-4-13(5-7-15)10-14(12-20)19(23)21-17-9-8-16(26-2)11-18(17)22(24)25/h4-11H,3H2,1-2H3,(H,21,23)/b14-10+. The van der Waals surface area contributed by atoms with Gasteiger partial charge in [-0.2, -0.15) is 5.26 Å². The van der Waals surface area contributed by atoms with Crippen LogP contribution in [-0.4, -0.2) is 24.5 Å². The number of nitrogens with one attached hydrogen (secondary N) is 1. The van der Waals surface area contributed by atoms with E-state index in [9.17, 15) is 20.2 Å². The van der Waals surface area contributed by atoms with E-state index in [0.717, 1.165) is 0 Å². The molecule has 0 atom stereocenters. The molecule has 138 valence electrons. The molecule has 0 aliphatic rings. The first kappa shape index (κ1) is 19.5. The largest absolute Gasteiger partial charge is 0.496 e. The first-order valence-electron chi connectivity index (χ1n) is 7.97. The molecular formula is C19H17N3O5. The van der Waals surface area contributed by atoms with Gasteiger partial charge >= 0.3 is 0 Å². The molecule has 2 rings (SSSR count). The molecule has 8 nitrogen and oxygen atoms in total. The average Bonchev–Trinajstić information content (AvgIpc) is 2.67. The van der Waals surface area contributed by atoms with Crippen molar-refractivity contribution in [2.24, 2.45) is 0 Å². The van der Waals surface area contributed by atoms with Crippen molar-refractivity contribution >= 4 is 23.4 Å². The first-order valence-corrected chi connectivity index (χ1v) is 7.97. The second-order valence-corrected chi connectivity index (χ2v) is 5.27. The number of benzene rings is 2. The molecule has 2 aromatic carbocycles. The highest BCUT2D eigenvalue weighted by Crippen LogP contribution is 2.29. The smallest absolute Gasteiger partial charge is 0.296 e. The molecule has 1 amide bonds. The Morgan fingerprint density at radius 1 is 1.26 bits per heavy atom. The minimum absolute atomic E-state index is 0.0290. The molecule has 8 heteroatoms. The predicted octanol–water partition coefficient (Wildman–Crippen LogP) is 3.55. The van der Waals surface area contributed by atoms with Crippen molar-refractivity contribution in [3.05, 3.63) is 63.7 Å². The Labute approximate surface area is 155 Å². The van der Waals surface area contributed by atoms with Crippen molar-refractivity contribution in [1.82, 2.24) is 0 Å². The number of carbonyl (C=O) groups is 1. The van der Waals surface area contributed by atoms with Crippen molar-refractivity contribution in [3.8, 4) is 17.6 Å². The van der Waals surface area contributed by atoms with Gasteiger partial charge in [-0.05, 0) is 42.8 Å². The van der Waals surface area contributed by atoms with Crippen molar-refractivity contribution in [3.63, 3.8) is 0 Å². The number of rotatable bonds is 7. The van der Waals surface area contributed by atoms with E-state index in [1.807, 2.05) is 6.92 Å². The molecule has 0 bridgehead atoms. The van der Waals surface area contributed by atoms with Crippen molar-refractivity contribution < 1.29 is 19.2 Å². The first-order chi connectivity index (χ1) is 13.0. The summed E-state index contributed by atoms with van der Waals surface area (Å²) in [5.41, 5.74) is 0.0679. The van der Waals surface area contributed by atoms with Gasteiger partial charge in [-0.15, -0.1) is 0 Å². The monoisotopic (exact) mass is 367 g/mol. The molecule has 0 aliphatic heterocycles. The van der Waals surface area contributed by atoms with Gasteiger partial charge in [-0.1, -0.05) is 12.1 Å². The molecule has 2 aromatic rings. The van der Waals surface area contributed by atoms with Crippen LogP contribution >= 0.6 is 0 Å². The van der Waals surface area contributed by atoms with E-state index < -0.39 is 10.8 Å². The number of amides is 1. The van der Waals surface area contributed by atoms with Gasteiger partial charge in [0.05, 0.1) is 24.7 Å². The number of hydrogen-bond donors (Lipinski definition) is 1. The molecule has 0 heterocycles. The lowest BCUT2D eigenvalue weighted by Crippen LogP contribution is -2.14. The molecule has 0 saturated carbocycles. The zero-order chi connectivity index (χ0) is 19.8. The number of nitriles is 1. The van der Waals surface area contributed by atoms with Crippen LogP contribution in [0.3, 0.4) is 0 Å². The van der Waals surface area contributed by atoms with Gasteiger partial charge in [-0.3, -0.25) is 14.9 Å². The predicted molar refractivity (Wildman–Crippen MR) is 99.5 cm³/mol. The molecule has 1 N–H and O–H groups in total. The SMILES string of the molecule is CCOc1ccc(/C=C(\C#N)C(=O)Nc2ccc(OC)cc2[N+](=O)[O-])cc1. The van der Waals surface area contributed by atoms with E-state index in [0.29, 0.717) is 17.9 Å². The molecule has 0 aliphatic carbocycles. The summed E-state index contributed by atoms with van der Waals surface area (Å²) in [6.45, 7) is 2.39. The summed E-state index contributed by atoms with van der Waals surface area (Å²) in [7, 11) is 1.38. The van der Waals surface area contributed by atoms with E-state index in [4.69, 9.17) is 9.47 Å². The normalized spacial score (nSPS) is 10.6. The Kier molecular flexibility index (Phi) is 6.49. The summed E-state index contributed by atoms with van der Waals surface area (Å²) in [5.74, 6) is 0.205. The Bertz CT molecular complexity index is 914. The third-order valence-corrected chi connectivity index (χ3v) is 3.52. The van der Waals surface area contributed by atoms with E-state index in [1.54, 1.807) is 30.3 Å². The molecule has 0 fully saturated rings. The van der Waals surface area contributed by atoms with Gasteiger partial charge in [0.15, 0.2) is 0 Å². The fourth-order valence-corrected chi connectivity index (χ4v) is 2.23. The molecular weight excluding hydrogens is 350 g/mol. The van der Waals surface area contributed by atoms with Crippen molar-refractivity contribution in [2.75, 3.05) is 19.0 Å². The van der Waals surface area contributed by atoms with Gasteiger partial charge in [-0.25, -0.2) is 0 Å². The fraction of sp³-hybridized carbons (Fsp3) is 0.158. The maximum Gasteiger partial charge on any atom is 0.296 e. The van der Waals surface area contributed by atoms with E-state index >= 15 is 0 Å². The second kappa shape index (κ2) is 9.01. The number of hydrogen-bond acceptors (Lipinski definition) is 6. The minimum atomic E-state index is -0.750.